The molecule has 2 aromatic carbocycles. The standard InChI is InChI=1S/C35H39ClN4O7/c1-35(2,3)47-34(45)39(20-22-7-13-27(46-4)14-8-22)29-19-23(15-16-37-29)18-28-30(32(42)43)40(31(28)41)33(44)38-17-5-6-25(21-38)24-9-11-26(36)12-10-24/h7-16,19,25,28,30H,5-6,17-18,20-21H2,1-4H3,(H,42,43)/t25?,28-,30+/m1/s1. The number of hydrogen-bond acceptors (Lipinski definition) is 7. The SMILES string of the molecule is COc1ccc(CN(C(=O)OC(C)(C)C)c2cc(C[C@H]3C(=O)N(C(=O)N4CCCC(c5ccc(Cl)cc5)C4)[C@@H]3C(=O)O)ccn2)cc1. The van der Waals surface area contributed by atoms with Crippen LogP contribution in [0.2, 0.25) is 5.02 Å². The minimum absolute atomic E-state index is 0.0488. The van der Waals surface area contributed by atoms with E-state index >= 15 is 0 Å². The summed E-state index contributed by atoms with van der Waals surface area (Å²) >= 11 is 6.04. The first-order valence-corrected chi connectivity index (χ1v) is 15.9. The van der Waals surface area contributed by atoms with Crippen molar-refractivity contribution in [3.8, 4) is 5.75 Å². The topological polar surface area (TPSA) is 130 Å². The lowest BCUT2D eigenvalue weighted by Gasteiger charge is -2.46. The Morgan fingerprint density at radius 2 is 1.74 bits per heavy atom. The molecular formula is C35H39ClN4O7. The average molecular weight is 663 g/mol. The normalized spacial score (nSPS) is 19.5. The van der Waals surface area contributed by atoms with Gasteiger partial charge in [0.1, 0.15) is 17.2 Å². The van der Waals surface area contributed by atoms with Gasteiger partial charge in [-0.25, -0.2) is 24.3 Å². The smallest absolute Gasteiger partial charge is 0.416 e. The number of carboxylic acid groups (broad SMARTS) is 1. The van der Waals surface area contributed by atoms with Gasteiger partial charge in [-0.15, -0.1) is 0 Å². The molecule has 47 heavy (non-hydrogen) atoms. The Hall–Kier alpha value is -4.64. The molecule has 11 nitrogen and oxygen atoms in total. The lowest BCUT2D eigenvalue weighted by Crippen LogP contribution is -2.69. The van der Waals surface area contributed by atoms with Gasteiger partial charge in [-0.1, -0.05) is 35.9 Å². The number of carboxylic acids is 1. The van der Waals surface area contributed by atoms with Crippen molar-refractivity contribution in [1.82, 2.24) is 14.8 Å². The fraction of sp³-hybridized carbons (Fsp3) is 0.400. The molecule has 2 aliphatic rings. The van der Waals surface area contributed by atoms with Crippen LogP contribution < -0.4 is 9.64 Å². The number of amides is 4. The Morgan fingerprint density at radius 1 is 1.04 bits per heavy atom. The number of ether oxygens (including phenoxy) is 2. The van der Waals surface area contributed by atoms with Crippen LogP contribution in [0.25, 0.3) is 0 Å². The van der Waals surface area contributed by atoms with Crippen molar-refractivity contribution in [3.63, 3.8) is 0 Å². The summed E-state index contributed by atoms with van der Waals surface area (Å²) in [5.41, 5.74) is 1.67. The number of likely N-dealkylation sites (tertiary alicyclic amines) is 2. The highest BCUT2D eigenvalue weighted by molar-refractivity contribution is 6.30. The lowest BCUT2D eigenvalue weighted by molar-refractivity contribution is -0.166. The van der Waals surface area contributed by atoms with Gasteiger partial charge in [0.15, 0.2) is 6.04 Å². The van der Waals surface area contributed by atoms with E-state index in [1.807, 2.05) is 24.3 Å². The van der Waals surface area contributed by atoms with E-state index in [0.29, 0.717) is 29.4 Å². The maximum absolute atomic E-state index is 13.6. The molecule has 0 aliphatic carbocycles. The van der Waals surface area contributed by atoms with Crippen molar-refractivity contribution < 1.29 is 33.8 Å². The van der Waals surface area contributed by atoms with Gasteiger partial charge < -0.3 is 19.5 Å². The molecule has 3 atom stereocenters. The fourth-order valence-electron chi connectivity index (χ4n) is 6.01. The second-order valence-electron chi connectivity index (χ2n) is 12.9. The molecule has 3 aromatic rings. The van der Waals surface area contributed by atoms with E-state index in [0.717, 1.165) is 28.9 Å². The Bertz CT molecular complexity index is 1620. The van der Waals surface area contributed by atoms with Gasteiger partial charge >= 0.3 is 18.1 Å². The number of rotatable bonds is 8. The highest BCUT2D eigenvalue weighted by atomic mass is 35.5. The zero-order valence-electron chi connectivity index (χ0n) is 26.9. The molecule has 3 heterocycles. The summed E-state index contributed by atoms with van der Waals surface area (Å²) in [6.45, 7) is 6.26. The second kappa shape index (κ2) is 14.0. The van der Waals surface area contributed by atoms with E-state index in [4.69, 9.17) is 21.1 Å². The van der Waals surface area contributed by atoms with E-state index in [9.17, 15) is 24.3 Å². The van der Waals surface area contributed by atoms with Crippen LogP contribution >= 0.6 is 11.6 Å². The summed E-state index contributed by atoms with van der Waals surface area (Å²) in [5.74, 6) is -1.75. The van der Waals surface area contributed by atoms with Crippen molar-refractivity contribution in [2.45, 2.75) is 64.1 Å². The van der Waals surface area contributed by atoms with Crippen LogP contribution in [0.3, 0.4) is 0 Å². The first-order valence-electron chi connectivity index (χ1n) is 15.5. The number of methoxy groups -OCH3 is 1. The largest absolute Gasteiger partial charge is 0.497 e. The Morgan fingerprint density at radius 3 is 2.38 bits per heavy atom. The third kappa shape index (κ3) is 7.85. The van der Waals surface area contributed by atoms with Crippen LogP contribution in [0.5, 0.6) is 5.75 Å². The molecule has 5 rings (SSSR count). The van der Waals surface area contributed by atoms with Gasteiger partial charge in [0, 0.05) is 30.2 Å². The van der Waals surface area contributed by atoms with Crippen molar-refractivity contribution >= 4 is 41.4 Å². The monoisotopic (exact) mass is 662 g/mol. The highest BCUT2D eigenvalue weighted by Crippen LogP contribution is 2.35. The molecule has 0 spiro atoms. The van der Waals surface area contributed by atoms with Gasteiger partial charge in [0.25, 0.3) is 0 Å². The zero-order chi connectivity index (χ0) is 33.9. The van der Waals surface area contributed by atoms with Crippen molar-refractivity contribution in [3.05, 3.63) is 88.6 Å². The molecule has 2 fully saturated rings. The van der Waals surface area contributed by atoms with E-state index < -0.39 is 41.6 Å². The molecule has 1 unspecified atom stereocenters. The molecule has 0 radical (unpaired) electrons. The third-order valence-electron chi connectivity index (χ3n) is 8.36. The van der Waals surface area contributed by atoms with Crippen molar-refractivity contribution in [2.75, 3.05) is 25.1 Å². The number of urea groups is 1. The number of nitrogens with zero attached hydrogens (tertiary/aromatic N) is 4. The molecule has 0 bridgehead atoms. The molecule has 4 amide bonds. The highest BCUT2D eigenvalue weighted by Gasteiger charge is 2.55. The van der Waals surface area contributed by atoms with E-state index in [1.54, 1.807) is 69.2 Å². The average Bonchev–Trinajstić information content (AvgIpc) is 3.04. The number of benzene rings is 2. The van der Waals surface area contributed by atoms with Crippen molar-refractivity contribution in [1.29, 1.82) is 0 Å². The first kappa shape index (κ1) is 33.7. The van der Waals surface area contributed by atoms with Crippen LogP contribution in [0.1, 0.15) is 56.2 Å². The number of aliphatic carboxylic acids is 1. The van der Waals surface area contributed by atoms with Crippen LogP contribution in [0.4, 0.5) is 15.4 Å². The summed E-state index contributed by atoms with van der Waals surface area (Å²) in [6.07, 6.45) is 2.53. The number of hydrogen-bond donors (Lipinski definition) is 1. The molecule has 1 N–H and O–H groups in total. The molecule has 2 saturated heterocycles. The van der Waals surface area contributed by atoms with Crippen LogP contribution in [0, 0.1) is 5.92 Å². The number of anilines is 1. The van der Waals surface area contributed by atoms with Gasteiger partial charge in [0.2, 0.25) is 5.91 Å². The first-order chi connectivity index (χ1) is 22.3. The number of pyridine rings is 1. The number of piperidine rings is 1. The Kier molecular flexibility index (Phi) is 10.0. The van der Waals surface area contributed by atoms with Gasteiger partial charge in [-0.2, -0.15) is 0 Å². The number of carbonyl (C=O) groups is 4. The predicted octanol–water partition coefficient (Wildman–Crippen LogP) is 6.14. The summed E-state index contributed by atoms with van der Waals surface area (Å²) in [7, 11) is 1.57. The summed E-state index contributed by atoms with van der Waals surface area (Å²) in [4.78, 5) is 61.0. The van der Waals surface area contributed by atoms with Crippen molar-refractivity contribution in [2.24, 2.45) is 5.92 Å². The van der Waals surface area contributed by atoms with Crippen LogP contribution in [0.15, 0.2) is 66.9 Å². The Labute approximate surface area is 279 Å². The molecule has 2 aliphatic heterocycles. The predicted molar refractivity (Wildman–Crippen MR) is 176 cm³/mol. The van der Waals surface area contributed by atoms with Crippen LogP contribution in [-0.2, 0) is 27.3 Å². The summed E-state index contributed by atoms with van der Waals surface area (Å²) in [5, 5.41) is 10.8. The molecule has 248 valence electrons. The maximum Gasteiger partial charge on any atom is 0.416 e. The maximum atomic E-state index is 13.6. The van der Waals surface area contributed by atoms with E-state index in [1.165, 1.54) is 11.1 Å². The number of halogens is 1. The number of imide groups is 1. The van der Waals surface area contributed by atoms with E-state index in [2.05, 4.69) is 4.98 Å². The number of aromatic nitrogens is 1. The fourth-order valence-corrected chi connectivity index (χ4v) is 6.14. The Balaban J connectivity index is 1.32. The zero-order valence-corrected chi connectivity index (χ0v) is 27.6. The van der Waals surface area contributed by atoms with E-state index in [-0.39, 0.29) is 24.7 Å². The van der Waals surface area contributed by atoms with Gasteiger partial charge in [0.05, 0.1) is 19.6 Å². The van der Waals surface area contributed by atoms with Gasteiger partial charge in [-0.05, 0) is 93.1 Å². The quantitative estimate of drug-likeness (QED) is 0.285. The second-order valence-corrected chi connectivity index (χ2v) is 13.3. The molecule has 0 saturated carbocycles. The number of carbonyl (C=O) groups excluding carboxylic acids is 3. The number of β-lactam (4-membered cyclic amide) rings is 1. The van der Waals surface area contributed by atoms with Crippen LogP contribution in [-0.4, -0.2) is 75.7 Å². The molecule has 12 heteroatoms. The third-order valence-corrected chi connectivity index (χ3v) is 8.61. The minimum atomic E-state index is -1.32. The minimum Gasteiger partial charge on any atom is -0.497 e. The summed E-state index contributed by atoms with van der Waals surface area (Å²) in [6, 6.07) is 16.1. The molecular weight excluding hydrogens is 624 g/mol. The van der Waals surface area contributed by atoms with Gasteiger partial charge in [-0.3, -0.25) is 9.69 Å². The lowest BCUT2D eigenvalue weighted by atomic mass is 9.82. The summed E-state index contributed by atoms with van der Waals surface area (Å²) < 4.78 is 10.9. The molecule has 1 aromatic heterocycles.